The van der Waals surface area contributed by atoms with Crippen molar-refractivity contribution in [1.29, 1.82) is 0 Å². The van der Waals surface area contributed by atoms with Crippen LogP contribution in [-0.2, 0) is 13.0 Å². The van der Waals surface area contributed by atoms with E-state index in [4.69, 9.17) is 11.6 Å². The first kappa shape index (κ1) is 13.0. The predicted molar refractivity (Wildman–Crippen MR) is 83.6 cm³/mol. The van der Waals surface area contributed by atoms with Gasteiger partial charge in [0.25, 0.3) is 0 Å². The lowest BCUT2D eigenvalue weighted by Gasteiger charge is -2.18. The molecule has 1 aliphatic heterocycles. The molecule has 1 aliphatic rings. The average Bonchev–Trinajstić information content (AvgIpc) is 3.06. The summed E-state index contributed by atoms with van der Waals surface area (Å²) in [4.78, 5) is 11.9. The molecule has 2 aromatic heterocycles. The van der Waals surface area contributed by atoms with Crippen LogP contribution in [0.5, 0.6) is 0 Å². The molecule has 0 atom stereocenters. The summed E-state index contributed by atoms with van der Waals surface area (Å²) in [6.07, 6.45) is 0.921. The second-order valence-electron chi connectivity index (χ2n) is 5.01. The van der Waals surface area contributed by atoms with Gasteiger partial charge in [-0.15, -0.1) is 11.3 Å². The molecule has 3 heterocycles. The Kier molecular flexibility index (Phi) is 3.05. The van der Waals surface area contributed by atoms with Crippen LogP contribution < -0.4 is 4.90 Å². The van der Waals surface area contributed by atoms with Gasteiger partial charge in [0.05, 0.1) is 6.54 Å². The highest BCUT2D eigenvalue weighted by molar-refractivity contribution is 7.16. The number of anilines is 1. The van der Waals surface area contributed by atoms with Gasteiger partial charge in [0.15, 0.2) is 5.82 Å². The van der Waals surface area contributed by atoms with Crippen molar-refractivity contribution < 1.29 is 4.39 Å². The first-order chi connectivity index (χ1) is 10.2. The van der Waals surface area contributed by atoms with Crippen LogP contribution >= 0.6 is 22.9 Å². The number of hydrogen-bond donors (Lipinski definition) is 0. The Labute approximate surface area is 130 Å². The molecular formula is C15H11ClFN3S. The van der Waals surface area contributed by atoms with Gasteiger partial charge in [0.2, 0.25) is 0 Å². The van der Waals surface area contributed by atoms with Crippen LogP contribution in [0.15, 0.2) is 29.6 Å². The Morgan fingerprint density at radius 1 is 1.29 bits per heavy atom. The highest BCUT2D eigenvalue weighted by atomic mass is 35.5. The van der Waals surface area contributed by atoms with Gasteiger partial charge in [0.1, 0.15) is 15.8 Å². The van der Waals surface area contributed by atoms with E-state index in [1.54, 1.807) is 17.4 Å². The van der Waals surface area contributed by atoms with Crippen molar-refractivity contribution in [3.63, 3.8) is 0 Å². The summed E-state index contributed by atoms with van der Waals surface area (Å²) >= 11 is 7.74. The first-order valence-corrected chi connectivity index (χ1v) is 7.89. The first-order valence-electron chi connectivity index (χ1n) is 6.64. The molecule has 1 aromatic carbocycles. The molecule has 0 spiro atoms. The van der Waals surface area contributed by atoms with Crippen molar-refractivity contribution >= 4 is 38.8 Å². The van der Waals surface area contributed by atoms with E-state index in [0.29, 0.717) is 17.5 Å². The highest BCUT2D eigenvalue weighted by Gasteiger charge is 2.21. The summed E-state index contributed by atoms with van der Waals surface area (Å²) < 4.78 is 13.4. The SMILES string of the molecule is Fc1ccc2c(c1)N(Cc1nc(Cl)c3ccsc3n1)CC2. The second-order valence-corrected chi connectivity index (χ2v) is 6.27. The standard InChI is InChI=1S/C15H11ClFN3S/c16-14-11-4-6-21-15(11)19-13(18-14)8-20-5-3-9-1-2-10(17)7-12(9)20/h1-2,4,6-7H,3,5,8H2. The Morgan fingerprint density at radius 3 is 3.10 bits per heavy atom. The molecule has 3 nitrogen and oxygen atoms in total. The monoisotopic (exact) mass is 319 g/mol. The molecule has 6 heteroatoms. The average molecular weight is 320 g/mol. The summed E-state index contributed by atoms with van der Waals surface area (Å²) in [5.74, 6) is 0.459. The minimum Gasteiger partial charge on any atom is -0.363 e. The van der Waals surface area contributed by atoms with Crippen molar-refractivity contribution in [2.75, 3.05) is 11.4 Å². The number of thiophene rings is 1. The number of rotatable bonds is 2. The predicted octanol–water partition coefficient (Wildman–Crippen LogP) is 4.05. The lowest BCUT2D eigenvalue weighted by molar-refractivity contribution is 0.627. The van der Waals surface area contributed by atoms with Crippen LogP contribution in [0.25, 0.3) is 10.2 Å². The summed E-state index contributed by atoms with van der Waals surface area (Å²) in [5.41, 5.74) is 2.10. The Bertz CT molecular complexity index is 833. The molecule has 0 aliphatic carbocycles. The molecule has 0 bridgehead atoms. The normalized spacial score (nSPS) is 13.9. The van der Waals surface area contributed by atoms with E-state index in [2.05, 4.69) is 14.9 Å². The van der Waals surface area contributed by atoms with Crippen molar-refractivity contribution in [3.8, 4) is 0 Å². The lowest BCUT2D eigenvalue weighted by Crippen LogP contribution is -2.21. The van der Waals surface area contributed by atoms with E-state index in [1.807, 2.05) is 17.5 Å². The zero-order valence-electron chi connectivity index (χ0n) is 11.0. The largest absolute Gasteiger partial charge is 0.363 e. The Morgan fingerprint density at radius 2 is 2.19 bits per heavy atom. The topological polar surface area (TPSA) is 29.0 Å². The molecule has 0 saturated carbocycles. The quantitative estimate of drug-likeness (QED) is 0.667. The fourth-order valence-electron chi connectivity index (χ4n) is 2.68. The number of hydrogen-bond acceptors (Lipinski definition) is 4. The zero-order chi connectivity index (χ0) is 14.4. The number of aromatic nitrogens is 2. The van der Waals surface area contributed by atoms with Gasteiger partial charge >= 0.3 is 0 Å². The maximum atomic E-state index is 13.4. The van der Waals surface area contributed by atoms with Gasteiger partial charge in [-0.25, -0.2) is 14.4 Å². The van der Waals surface area contributed by atoms with E-state index in [1.165, 1.54) is 11.6 Å². The van der Waals surface area contributed by atoms with Gasteiger partial charge in [-0.1, -0.05) is 17.7 Å². The van der Waals surface area contributed by atoms with Crippen molar-refractivity contribution in [1.82, 2.24) is 9.97 Å². The van der Waals surface area contributed by atoms with Crippen LogP contribution in [-0.4, -0.2) is 16.5 Å². The number of benzene rings is 1. The van der Waals surface area contributed by atoms with E-state index < -0.39 is 0 Å². The van der Waals surface area contributed by atoms with Gasteiger partial charge in [-0.3, -0.25) is 0 Å². The minimum atomic E-state index is -0.215. The van der Waals surface area contributed by atoms with Gasteiger partial charge in [0, 0.05) is 17.6 Å². The molecule has 0 fully saturated rings. The Hall–Kier alpha value is -1.72. The zero-order valence-corrected chi connectivity index (χ0v) is 12.6. The molecule has 106 valence electrons. The van der Waals surface area contributed by atoms with Crippen molar-refractivity contribution in [2.45, 2.75) is 13.0 Å². The molecule has 0 amide bonds. The van der Waals surface area contributed by atoms with Crippen LogP contribution in [0.1, 0.15) is 11.4 Å². The van der Waals surface area contributed by atoms with E-state index in [9.17, 15) is 4.39 Å². The van der Waals surface area contributed by atoms with Gasteiger partial charge in [-0.2, -0.15) is 0 Å². The van der Waals surface area contributed by atoms with Crippen LogP contribution in [0.2, 0.25) is 5.15 Å². The third-order valence-electron chi connectivity index (χ3n) is 3.70. The molecule has 4 rings (SSSR count). The van der Waals surface area contributed by atoms with E-state index in [0.717, 1.165) is 28.9 Å². The van der Waals surface area contributed by atoms with Gasteiger partial charge in [-0.05, 0) is 35.6 Å². The summed E-state index contributed by atoms with van der Waals surface area (Å²) in [6, 6.07) is 6.86. The highest BCUT2D eigenvalue weighted by Crippen LogP contribution is 2.30. The fraction of sp³-hybridized carbons (Fsp3) is 0.200. The molecule has 0 saturated heterocycles. The Balaban J connectivity index is 1.69. The van der Waals surface area contributed by atoms with Gasteiger partial charge < -0.3 is 4.90 Å². The van der Waals surface area contributed by atoms with Crippen LogP contribution in [0.3, 0.4) is 0 Å². The minimum absolute atomic E-state index is 0.215. The maximum absolute atomic E-state index is 13.4. The van der Waals surface area contributed by atoms with Crippen LogP contribution in [0.4, 0.5) is 10.1 Å². The fourth-order valence-corrected chi connectivity index (χ4v) is 3.77. The van der Waals surface area contributed by atoms with E-state index in [-0.39, 0.29) is 5.82 Å². The summed E-state index contributed by atoms with van der Waals surface area (Å²) in [7, 11) is 0. The third-order valence-corrected chi connectivity index (χ3v) is 4.79. The maximum Gasteiger partial charge on any atom is 0.151 e. The summed E-state index contributed by atoms with van der Waals surface area (Å²) in [5, 5.41) is 3.32. The molecular weight excluding hydrogens is 309 g/mol. The summed E-state index contributed by atoms with van der Waals surface area (Å²) in [6.45, 7) is 1.40. The molecule has 0 N–H and O–H groups in total. The molecule has 0 radical (unpaired) electrons. The number of nitrogens with zero attached hydrogens (tertiary/aromatic N) is 3. The smallest absolute Gasteiger partial charge is 0.151 e. The number of fused-ring (bicyclic) bond motifs is 2. The second kappa shape index (κ2) is 4.93. The molecule has 3 aromatic rings. The lowest BCUT2D eigenvalue weighted by atomic mass is 10.2. The molecule has 0 unspecified atom stereocenters. The third kappa shape index (κ3) is 2.26. The van der Waals surface area contributed by atoms with E-state index >= 15 is 0 Å². The molecule has 21 heavy (non-hydrogen) atoms. The van der Waals surface area contributed by atoms with Crippen molar-refractivity contribution in [3.05, 3.63) is 52.0 Å². The van der Waals surface area contributed by atoms with Crippen molar-refractivity contribution in [2.24, 2.45) is 0 Å². The number of halogens is 2. The van der Waals surface area contributed by atoms with Crippen LogP contribution in [0, 0.1) is 5.82 Å².